The molecule has 24 heavy (non-hydrogen) atoms. The van der Waals surface area contributed by atoms with Gasteiger partial charge in [0.25, 0.3) is 0 Å². The zero-order valence-electron chi connectivity index (χ0n) is 13.2. The van der Waals surface area contributed by atoms with E-state index in [9.17, 15) is 13.2 Å². The van der Waals surface area contributed by atoms with Gasteiger partial charge in [0.2, 0.25) is 15.9 Å². The molecule has 0 saturated carbocycles. The Morgan fingerprint density at radius 2 is 1.96 bits per heavy atom. The minimum Gasteiger partial charge on any atom is -0.325 e. The Hall–Kier alpha value is -1.83. The van der Waals surface area contributed by atoms with Gasteiger partial charge in [-0.1, -0.05) is 37.3 Å². The number of sulfonamides is 1. The van der Waals surface area contributed by atoms with Crippen molar-refractivity contribution in [3.8, 4) is 0 Å². The summed E-state index contributed by atoms with van der Waals surface area (Å²) in [4.78, 5) is 12.9. The first-order valence-electron chi connectivity index (χ1n) is 7.58. The lowest BCUT2D eigenvalue weighted by atomic mass is 10.2. The van der Waals surface area contributed by atoms with Crippen LogP contribution < -0.4 is 10.0 Å². The normalized spacial score (nSPS) is 17.7. The second-order valence-corrected chi connectivity index (χ2v) is 8.90. The molecule has 0 aliphatic carbocycles. The highest BCUT2D eigenvalue weighted by Crippen LogP contribution is 2.36. The van der Waals surface area contributed by atoms with Crippen LogP contribution >= 0.6 is 11.8 Å². The summed E-state index contributed by atoms with van der Waals surface area (Å²) in [5, 5.41) is 2.94. The van der Waals surface area contributed by atoms with Gasteiger partial charge in [-0.3, -0.25) is 4.79 Å². The summed E-state index contributed by atoms with van der Waals surface area (Å²) in [7, 11) is -3.65. The van der Waals surface area contributed by atoms with Crippen molar-refractivity contribution in [3.05, 3.63) is 54.1 Å². The van der Waals surface area contributed by atoms with Crippen LogP contribution in [0, 0.1) is 0 Å². The zero-order valence-corrected chi connectivity index (χ0v) is 14.8. The molecule has 2 aromatic rings. The molecule has 1 aliphatic heterocycles. The fourth-order valence-corrected chi connectivity index (χ4v) is 4.55. The second-order valence-electron chi connectivity index (χ2n) is 5.65. The Balaban J connectivity index is 1.82. The van der Waals surface area contributed by atoms with E-state index in [2.05, 4.69) is 10.0 Å². The summed E-state index contributed by atoms with van der Waals surface area (Å²) in [5.74, 6) is -0.0967. The lowest BCUT2D eigenvalue weighted by Gasteiger charge is -2.11. The number of fused-ring (bicyclic) bond motifs is 1. The van der Waals surface area contributed by atoms with Gasteiger partial charge in [-0.15, -0.1) is 11.8 Å². The number of benzene rings is 2. The number of anilines is 1. The summed E-state index contributed by atoms with van der Waals surface area (Å²) in [6, 6.07) is 14.2. The molecule has 0 radical (unpaired) electrons. The largest absolute Gasteiger partial charge is 0.325 e. The zero-order chi connectivity index (χ0) is 17.2. The first-order valence-corrected chi connectivity index (χ1v) is 9.94. The molecule has 0 aromatic heterocycles. The molecule has 2 aromatic carbocycles. The van der Waals surface area contributed by atoms with Crippen LogP contribution in [0.1, 0.15) is 18.9 Å². The van der Waals surface area contributed by atoms with Crippen LogP contribution in [0.5, 0.6) is 0 Å². The fraction of sp³-hybridized carbons (Fsp3) is 0.235. The molecule has 1 heterocycles. The van der Waals surface area contributed by atoms with E-state index in [1.54, 1.807) is 23.9 Å². The lowest BCUT2D eigenvalue weighted by molar-refractivity contribution is -0.116. The van der Waals surface area contributed by atoms with Crippen LogP contribution in [0.3, 0.4) is 0 Å². The third kappa shape index (κ3) is 3.98. The van der Waals surface area contributed by atoms with Crippen molar-refractivity contribution in [3.63, 3.8) is 0 Å². The number of rotatable bonds is 4. The van der Waals surface area contributed by atoms with E-state index in [0.29, 0.717) is 12.1 Å². The first-order chi connectivity index (χ1) is 11.4. The van der Waals surface area contributed by atoms with Crippen molar-refractivity contribution in [2.45, 2.75) is 34.9 Å². The molecule has 126 valence electrons. The van der Waals surface area contributed by atoms with Gasteiger partial charge < -0.3 is 5.32 Å². The summed E-state index contributed by atoms with van der Waals surface area (Å²) in [6.07, 6.45) is 0.410. The quantitative estimate of drug-likeness (QED) is 0.877. The Morgan fingerprint density at radius 1 is 1.21 bits per heavy atom. The van der Waals surface area contributed by atoms with Crippen LogP contribution in [0.2, 0.25) is 0 Å². The molecule has 5 nitrogen and oxygen atoms in total. The maximum atomic E-state index is 12.5. The Bertz CT molecular complexity index is 851. The Morgan fingerprint density at radius 3 is 2.71 bits per heavy atom. The summed E-state index contributed by atoms with van der Waals surface area (Å²) in [5.41, 5.74) is 1.44. The highest BCUT2D eigenvalue weighted by molar-refractivity contribution is 8.00. The summed E-state index contributed by atoms with van der Waals surface area (Å²) in [6.45, 7) is 2.20. The van der Waals surface area contributed by atoms with Gasteiger partial charge in [-0.25, -0.2) is 13.1 Å². The van der Waals surface area contributed by atoms with E-state index >= 15 is 0 Å². The molecule has 2 N–H and O–H groups in total. The molecule has 0 spiro atoms. The Labute approximate surface area is 145 Å². The predicted molar refractivity (Wildman–Crippen MR) is 95.5 cm³/mol. The average molecular weight is 362 g/mol. The van der Waals surface area contributed by atoms with Crippen molar-refractivity contribution in [2.75, 3.05) is 5.32 Å². The van der Waals surface area contributed by atoms with E-state index in [-0.39, 0.29) is 22.6 Å². The SMILES string of the molecule is CC1CC(=O)Nc2cc(S(=O)(=O)NCc3ccccc3)ccc2S1. The van der Waals surface area contributed by atoms with Gasteiger partial charge in [0.05, 0.1) is 10.6 Å². The number of nitrogens with one attached hydrogen (secondary N) is 2. The molecule has 7 heteroatoms. The summed E-state index contributed by atoms with van der Waals surface area (Å²) >= 11 is 1.57. The van der Waals surface area contributed by atoms with Gasteiger partial charge in [0.1, 0.15) is 0 Å². The maximum Gasteiger partial charge on any atom is 0.240 e. The van der Waals surface area contributed by atoms with Crippen LogP contribution in [-0.4, -0.2) is 19.6 Å². The first kappa shape index (κ1) is 17.0. The molecule has 0 bridgehead atoms. The second kappa shape index (κ2) is 6.96. The van der Waals surface area contributed by atoms with E-state index in [1.807, 2.05) is 37.3 Å². The van der Waals surface area contributed by atoms with Gasteiger partial charge >= 0.3 is 0 Å². The summed E-state index contributed by atoms with van der Waals surface area (Å²) < 4.78 is 27.6. The number of hydrogen-bond donors (Lipinski definition) is 2. The third-order valence-electron chi connectivity index (χ3n) is 3.65. The van der Waals surface area contributed by atoms with Gasteiger partial charge in [0, 0.05) is 23.1 Å². The highest BCUT2D eigenvalue weighted by atomic mass is 32.2. The molecule has 1 atom stereocenters. The molecule has 1 unspecified atom stereocenters. The number of hydrogen-bond acceptors (Lipinski definition) is 4. The van der Waals surface area contributed by atoms with E-state index < -0.39 is 10.0 Å². The minimum atomic E-state index is -3.65. The molecule has 3 rings (SSSR count). The van der Waals surface area contributed by atoms with Crippen molar-refractivity contribution >= 4 is 33.4 Å². The van der Waals surface area contributed by atoms with Crippen LogP contribution in [0.15, 0.2) is 58.3 Å². The van der Waals surface area contributed by atoms with Gasteiger partial charge in [-0.05, 0) is 23.8 Å². The van der Waals surface area contributed by atoms with Gasteiger partial charge in [0.15, 0.2) is 0 Å². The van der Waals surface area contributed by atoms with Crippen LogP contribution in [0.25, 0.3) is 0 Å². The van der Waals surface area contributed by atoms with Crippen LogP contribution in [-0.2, 0) is 21.4 Å². The monoisotopic (exact) mass is 362 g/mol. The maximum absolute atomic E-state index is 12.5. The van der Waals surface area contributed by atoms with Gasteiger partial charge in [-0.2, -0.15) is 0 Å². The van der Waals surface area contributed by atoms with Crippen molar-refractivity contribution in [1.82, 2.24) is 4.72 Å². The van der Waals surface area contributed by atoms with E-state index in [1.165, 1.54) is 6.07 Å². The molecular weight excluding hydrogens is 344 g/mol. The minimum absolute atomic E-state index is 0.0967. The number of thioether (sulfide) groups is 1. The highest BCUT2D eigenvalue weighted by Gasteiger charge is 2.22. The molecule has 1 amide bonds. The van der Waals surface area contributed by atoms with Crippen molar-refractivity contribution in [2.24, 2.45) is 0 Å². The third-order valence-corrected chi connectivity index (χ3v) is 6.22. The topological polar surface area (TPSA) is 75.3 Å². The standard InChI is InChI=1S/C17H18N2O3S2/c1-12-9-17(20)19-15-10-14(7-8-16(15)23-12)24(21,22)18-11-13-5-3-2-4-6-13/h2-8,10,12,18H,9,11H2,1H3,(H,19,20). The fourth-order valence-electron chi connectivity index (χ4n) is 2.45. The number of carbonyl (C=O) groups excluding carboxylic acids is 1. The molecular formula is C17H18N2O3S2. The molecule has 0 fully saturated rings. The van der Waals surface area contributed by atoms with Crippen LogP contribution in [0.4, 0.5) is 5.69 Å². The number of amides is 1. The van der Waals surface area contributed by atoms with E-state index in [0.717, 1.165) is 10.5 Å². The lowest BCUT2D eigenvalue weighted by Crippen LogP contribution is -2.23. The predicted octanol–water partition coefficient (Wildman–Crippen LogP) is 2.99. The van der Waals surface area contributed by atoms with Crippen molar-refractivity contribution < 1.29 is 13.2 Å². The van der Waals surface area contributed by atoms with Crippen molar-refractivity contribution in [1.29, 1.82) is 0 Å². The molecule has 0 saturated heterocycles. The smallest absolute Gasteiger partial charge is 0.240 e. The number of carbonyl (C=O) groups is 1. The van der Waals surface area contributed by atoms with E-state index in [4.69, 9.17) is 0 Å². The molecule has 1 aliphatic rings. The Kier molecular flexibility index (Phi) is 4.93. The average Bonchev–Trinajstić information content (AvgIpc) is 2.69.